The lowest BCUT2D eigenvalue weighted by Gasteiger charge is -2.03. The summed E-state index contributed by atoms with van der Waals surface area (Å²) in [6.07, 6.45) is 3.11. The first-order valence-corrected chi connectivity index (χ1v) is 6.90. The molecule has 0 unspecified atom stereocenters. The highest BCUT2D eigenvalue weighted by Gasteiger charge is 2.14. The second-order valence-corrected chi connectivity index (χ2v) is 4.73. The number of hydrogen-bond donors (Lipinski definition) is 1. The van der Waals surface area contributed by atoms with Crippen LogP contribution in [-0.2, 0) is 6.42 Å². The first-order valence-electron chi connectivity index (χ1n) is 5.63. The summed E-state index contributed by atoms with van der Waals surface area (Å²) in [5, 5.41) is 0. The van der Waals surface area contributed by atoms with Crippen LogP contribution in [0.15, 0.2) is 24.4 Å². The first-order chi connectivity index (χ1) is 8.74. The van der Waals surface area contributed by atoms with E-state index in [0.717, 1.165) is 17.8 Å². The Balaban J connectivity index is 0.000000312. The molecule has 2 aromatic rings. The summed E-state index contributed by atoms with van der Waals surface area (Å²) in [6.45, 7) is 6.41. The molecule has 7 heteroatoms. The van der Waals surface area contributed by atoms with Crippen molar-refractivity contribution in [1.82, 2.24) is 4.98 Å². The van der Waals surface area contributed by atoms with E-state index in [0.29, 0.717) is 0 Å². The molecule has 0 bridgehead atoms. The number of pyridine rings is 1. The summed E-state index contributed by atoms with van der Waals surface area (Å²) >= 11 is 0. The highest BCUT2D eigenvalue weighted by molar-refractivity contribution is 5.33. The lowest BCUT2D eigenvalue weighted by Crippen LogP contribution is -2.58. The zero-order valence-electron chi connectivity index (χ0n) is 11.0. The molecule has 2 rings (SSSR count). The van der Waals surface area contributed by atoms with Crippen molar-refractivity contribution in [2.24, 2.45) is 0 Å². The van der Waals surface area contributed by atoms with Crippen molar-refractivity contribution in [3.8, 4) is 0 Å². The van der Waals surface area contributed by atoms with Gasteiger partial charge < -0.3 is 0 Å². The monoisotopic (exact) mass is 287 g/mol. The highest BCUT2D eigenvalue weighted by Crippen LogP contribution is 2.09. The molecular formula is C12H16ClN2O4+. The van der Waals surface area contributed by atoms with Gasteiger partial charge in [-0.2, -0.15) is 14.0 Å². The van der Waals surface area contributed by atoms with Crippen molar-refractivity contribution >= 4 is 5.65 Å². The van der Waals surface area contributed by atoms with Crippen LogP contribution in [0, 0.1) is 24.1 Å². The van der Waals surface area contributed by atoms with Crippen LogP contribution in [-0.4, -0.2) is 9.64 Å². The van der Waals surface area contributed by atoms with Gasteiger partial charge in [0.25, 0.3) is 0 Å². The zero-order valence-corrected chi connectivity index (χ0v) is 11.7. The molecule has 104 valence electrons. The fourth-order valence-electron chi connectivity index (χ4n) is 1.97. The molecular weight excluding hydrogens is 272 g/mol. The minimum absolute atomic E-state index is 1.03. The third kappa shape index (κ3) is 4.70. The normalized spacial score (nSPS) is 11.1. The first kappa shape index (κ1) is 15.7. The molecule has 2 aromatic heterocycles. The molecule has 0 radical (unpaired) electrons. The summed E-state index contributed by atoms with van der Waals surface area (Å²) < 4.78 is 34.9. The van der Waals surface area contributed by atoms with Crippen molar-refractivity contribution in [3.05, 3.63) is 41.3 Å². The summed E-state index contributed by atoms with van der Waals surface area (Å²) in [7, 11) is -4.69. The molecule has 19 heavy (non-hydrogen) atoms. The number of nitrogens with zero attached hydrogens (tertiary/aromatic N) is 2. The van der Waals surface area contributed by atoms with E-state index in [1.54, 1.807) is 0 Å². The van der Waals surface area contributed by atoms with Crippen molar-refractivity contribution in [1.29, 1.82) is 0 Å². The molecule has 0 spiro atoms. The van der Waals surface area contributed by atoms with Gasteiger partial charge in [0.1, 0.15) is 5.69 Å². The Morgan fingerprint density at radius 3 is 2.37 bits per heavy atom. The van der Waals surface area contributed by atoms with Gasteiger partial charge in [-0.05, 0) is 24.4 Å². The molecule has 0 aliphatic heterocycles. The molecule has 0 aliphatic rings. The molecule has 1 N–H and O–H groups in total. The van der Waals surface area contributed by atoms with Crippen molar-refractivity contribution in [2.45, 2.75) is 27.2 Å². The van der Waals surface area contributed by atoms with E-state index in [1.165, 1.54) is 11.3 Å². The van der Waals surface area contributed by atoms with Gasteiger partial charge in [-0.3, -0.25) is 0 Å². The maximum Gasteiger partial charge on any atom is 0.328 e. The number of aromatic nitrogens is 2. The number of hydrogen-bond acceptors (Lipinski definition) is 5. The van der Waals surface area contributed by atoms with Crippen LogP contribution in [0.1, 0.15) is 23.9 Å². The lowest BCUT2D eigenvalue weighted by molar-refractivity contribution is -1.92. The van der Waals surface area contributed by atoms with Gasteiger partial charge >= 0.3 is 5.65 Å². The molecule has 0 amide bonds. The van der Waals surface area contributed by atoms with Gasteiger partial charge in [-0.15, -0.1) is 0 Å². The van der Waals surface area contributed by atoms with Crippen LogP contribution in [0.3, 0.4) is 0 Å². The van der Waals surface area contributed by atoms with Gasteiger partial charge in [0.05, 0.1) is 21.1 Å². The van der Waals surface area contributed by atoms with Gasteiger partial charge in [-0.1, -0.05) is 13.0 Å². The second-order valence-electron chi connectivity index (χ2n) is 3.94. The molecule has 6 nitrogen and oxygen atoms in total. The van der Waals surface area contributed by atoms with E-state index in [1.807, 2.05) is 18.2 Å². The van der Waals surface area contributed by atoms with Crippen LogP contribution in [0.2, 0.25) is 0 Å². The maximum absolute atomic E-state index is 8.60. The van der Waals surface area contributed by atoms with Crippen LogP contribution in [0.4, 0.5) is 0 Å². The largest absolute Gasteiger partial charge is 0.328 e. The molecule has 2 heterocycles. The molecule has 0 fully saturated rings. The van der Waals surface area contributed by atoms with E-state index < -0.39 is 10.2 Å². The van der Waals surface area contributed by atoms with Gasteiger partial charge in [0.15, 0.2) is 5.69 Å². The van der Waals surface area contributed by atoms with Crippen LogP contribution in [0.25, 0.3) is 5.65 Å². The zero-order chi connectivity index (χ0) is 14.6. The van der Waals surface area contributed by atoms with Crippen LogP contribution in [0.5, 0.6) is 0 Å². The average molecular weight is 288 g/mol. The molecule has 0 saturated heterocycles. The summed E-state index contributed by atoms with van der Waals surface area (Å²) in [6, 6.07) is 6.10. The third-order valence-electron chi connectivity index (χ3n) is 2.71. The van der Waals surface area contributed by atoms with Gasteiger partial charge in [0.2, 0.25) is 0 Å². The minimum Gasteiger partial charge on any atom is -0.200 e. The Kier molecular flexibility index (Phi) is 5.16. The number of aryl methyl sites for hydroxylation is 2. The highest BCUT2D eigenvalue weighted by atomic mass is 35.7. The Hall–Kier alpha value is -1.31. The van der Waals surface area contributed by atoms with E-state index in [2.05, 4.69) is 36.4 Å². The molecule has 0 aliphatic carbocycles. The van der Waals surface area contributed by atoms with E-state index in [-0.39, 0.29) is 0 Å². The fourth-order valence-corrected chi connectivity index (χ4v) is 1.97. The Morgan fingerprint density at radius 1 is 1.26 bits per heavy atom. The Morgan fingerprint density at radius 2 is 1.84 bits per heavy atom. The van der Waals surface area contributed by atoms with Gasteiger partial charge in [-0.25, -0.2) is 4.40 Å². The van der Waals surface area contributed by atoms with Crippen molar-refractivity contribution in [2.75, 3.05) is 0 Å². The maximum atomic E-state index is 8.60. The molecule has 0 saturated carbocycles. The summed E-state index contributed by atoms with van der Waals surface area (Å²) in [4.78, 5) is 4.57. The molecule has 0 atom stereocenters. The van der Waals surface area contributed by atoms with Crippen molar-refractivity contribution in [3.63, 3.8) is 0 Å². The topological polar surface area (TPSA) is 106 Å². The van der Waals surface area contributed by atoms with Crippen LogP contribution < -0.4 is 18.4 Å². The quantitative estimate of drug-likeness (QED) is 0.603. The summed E-state index contributed by atoms with van der Waals surface area (Å²) in [5.41, 5.74) is 4.83. The van der Waals surface area contributed by atoms with E-state index >= 15 is 0 Å². The second kappa shape index (κ2) is 6.23. The Bertz CT molecular complexity index is 563. The fraction of sp³-hybridized carbons (Fsp3) is 0.333. The summed E-state index contributed by atoms with van der Waals surface area (Å²) in [5.74, 6) is 0. The van der Waals surface area contributed by atoms with Crippen LogP contribution >= 0.6 is 0 Å². The number of rotatable bonds is 1. The SMILES string of the molecule is CCc1c(C)nc2cccc[n+]2c1C.[O-][Cl+3]([O-])([O-])O. The van der Waals surface area contributed by atoms with Gasteiger partial charge in [0, 0.05) is 18.6 Å². The smallest absolute Gasteiger partial charge is 0.200 e. The van der Waals surface area contributed by atoms with E-state index in [4.69, 9.17) is 18.6 Å². The third-order valence-corrected chi connectivity index (χ3v) is 2.71. The van der Waals surface area contributed by atoms with E-state index in [9.17, 15) is 0 Å². The Labute approximate surface area is 113 Å². The average Bonchev–Trinajstić information content (AvgIpc) is 2.27. The predicted octanol–water partition coefficient (Wildman–Crippen LogP) is -2.12. The van der Waals surface area contributed by atoms with Crippen molar-refractivity contribution < 1.29 is 33.3 Å². The number of fused-ring (bicyclic) bond motifs is 1. The predicted molar refractivity (Wildman–Crippen MR) is 58.5 cm³/mol. The molecule has 0 aromatic carbocycles. The standard InChI is InChI=1S/C12H15N2.ClHO4/c1-4-11-9(2)13-12-7-5-6-8-14(12)10(11)3;2-1(3,4)5/h5-8H,4H2,1-3H3;(H,2,3,4,5)/q+1;. The minimum atomic E-state index is -4.69. The number of halogens is 1. The lowest BCUT2D eigenvalue weighted by atomic mass is 10.1.